The van der Waals surface area contributed by atoms with Gasteiger partial charge in [0, 0.05) is 12.7 Å². The maximum absolute atomic E-state index is 10.9. The van der Waals surface area contributed by atoms with Crippen LogP contribution in [-0.4, -0.2) is 16.5 Å². The lowest BCUT2D eigenvalue weighted by Gasteiger charge is -2.09. The van der Waals surface area contributed by atoms with E-state index < -0.39 is 4.92 Å². The summed E-state index contributed by atoms with van der Waals surface area (Å²) >= 11 is 3.30. The lowest BCUT2D eigenvalue weighted by molar-refractivity contribution is -0.384. The fourth-order valence-corrected chi connectivity index (χ4v) is 2.44. The predicted molar refractivity (Wildman–Crippen MR) is 85.0 cm³/mol. The fourth-order valence-electron chi connectivity index (χ4n) is 1.98. The Bertz CT molecular complexity index is 438. The number of pyridine rings is 1. The molecule has 0 aliphatic rings. The molecule has 0 bridgehead atoms. The van der Waals surface area contributed by atoms with Gasteiger partial charge in [0.1, 0.15) is 11.9 Å². The van der Waals surface area contributed by atoms with Crippen LogP contribution in [0.1, 0.15) is 46.0 Å². The summed E-state index contributed by atoms with van der Waals surface area (Å²) in [7, 11) is 0. The number of nitrogens with zero attached hydrogens (tertiary/aromatic N) is 2. The van der Waals surface area contributed by atoms with E-state index in [1.165, 1.54) is 25.5 Å². The second kappa shape index (κ2) is 8.89. The van der Waals surface area contributed by atoms with Crippen molar-refractivity contribution in [3.8, 4) is 0 Å². The highest BCUT2D eigenvalue weighted by molar-refractivity contribution is 9.10. The summed E-state index contributed by atoms with van der Waals surface area (Å²) in [4.78, 5) is 14.3. The highest BCUT2D eigenvalue weighted by Gasteiger charge is 2.16. The van der Waals surface area contributed by atoms with E-state index in [1.54, 1.807) is 6.20 Å². The number of anilines is 1. The lowest BCUT2D eigenvalue weighted by atomic mass is 10.0. The maximum atomic E-state index is 10.9. The summed E-state index contributed by atoms with van der Waals surface area (Å²) in [6, 6.07) is 0. The molecular weight excluding hydrogens is 322 g/mol. The van der Waals surface area contributed by atoms with Crippen LogP contribution in [0, 0.1) is 16.0 Å². The quantitative estimate of drug-likeness (QED) is 0.398. The van der Waals surface area contributed by atoms with Gasteiger partial charge in [-0.05, 0) is 28.3 Å². The van der Waals surface area contributed by atoms with Crippen molar-refractivity contribution in [1.82, 2.24) is 4.98 Å². The van der Waals surface area contributed by atoms with Gasteiger partial charge in [-0.2, -0.15) is 0 Å². The van der Waals surface area contributed by atoms with Crippen molar-refractivity contribution in [2.75, 3.05) is 11.9 Å². The van der Waals surface area contributed by atoms with E-state index in [0.29, 0.717) is 10.2 Å². The van der Waals surface area contributed by atoms with E-state index in [2.05, 4.69) is 40.1 Å². The molecule has 0 aromatic carbocycles. The largest absolute Gasteiger partial charge is 0.378 e. The molecule has 0 spiro atoms. The summed E-state index contributed by atoms with van der Waals surface area (Å²) < 4.78 is 0.631. The van der Waals surface area contributed by atoms with Gasteiger partial charge in [0.15, 0.2) is 0 Å². The Labute approximate surface area is 128 Å². The summed E-state index contributed by atoms with van der Waals surface area (Å²) in [6.45, 7) is 5.22. The number of rotatable bonds is 9. The zero-order valence-corrected chi connectivity index (χ0v) is 13.6. The number of nitrogens with one attached hydrogen (secondary N) is 1. The van der Waals surface area contributed by atoms with Crippen molar-refractivity contribution in [3.63, 3.8) is 0 Å². The van der Waals surface area contributed by atoms with Crippen LogP contribution in [0.15, 0.2) is 16.9 Å². The molecule has 0 aliphatic heterocycles. The number of unbranched alkanes of at least 4 members (excludes halogenated alkanes) is 3. The van der Waals surface area contributed by atoms with Crippen molar-refractivity contribution in [3.05, 3.63) is 27.0 Å². The number of halogens is 1. The molecule has 6 heteroatoms. The molecule has 0 saturated carbocycles. The van der Waals surface area contributed by atoms with E-state index >= 15 is 0 Å². The fraction of sp³-hybridized carbons (Fsp3) is 0.643. The molecule has 5 nitrogen and oxygen atoms in total. The molecule has 0 radical (unpaired) electrons. The third kappa shape index (κ3) is 5.86. The van der Waals surface area contributed by atoms with Crippen molar-refractivity contribution in [2.45, 2.75) is 46.0 Å². The Hall–Kier alpha value is -1.17. The monoisotopic (exact) mass is 343 g/mol. The predicted octanol–water partition coefficient (Wildman–Crippen LogP) is 4.77. The van der Waals surface area contributed by atoms with Gasteiger partial charge < -0.3 is 5.32 Å². The molecule has 0 saturated heterocycles. The number of hydrogen-bond donors (Lipinski definition) is 1. The standard InChI is InChI=1S/C14H22BrN3O2/c1-11(2)7-5-3-4-6-8-17-14-12(15)9-16-10-13(14)18(19)20/h9-11H,3-8H2,1-2H3,(H,16,17). The Balaban J connectivity index is 2.33. The topological polar surface area (TPSA) is 68.1 Å². The summed E-state index contributed by atoms with van der Waals surface area (Å²) in [5.74, 6) is 0.767. The minimum atomic E-state index is -0.414. The molecule has 1 aromatic heterocycles. The number of hydrogen-bond acceptors (Lipinski definition) is 4. The molecule has 0 fully saturated rings. The number of aromatic nitrogens is 1. The Morgan fingerprint density at radius 2 is 2.00 bits per heavy atom. The lowest BCUT2D eigenvalue weighted by Crippen LogP contribution is -2.05. The highest BCUT2D eigenvalue weighted by atomic mass is 79.9. The average Bonchev–Trinajstić information content (AvgIpc) is 2.38. The third-order valence-electron chi connectivity index (χ3n) is 3.09. The van der Waals surface area contributed by atoms with Gasteiger partial charge >= 0.3 is 5.69 Å². The van der Waals surface area contributed by atoms with Crippen molar-refractivity contribution >= 4 is 27.3 Å². The molecule has 1 heterocycles. The van der Waals surface area contributed by atoms with Gasteiger partial charge in [-0.15, -0.1) is 0 Å². The average molecular weight is 344 g/mol. The third-order valence-corrected chi connectivity index (χ3v) is 3.69. The highest BCUT2D eigenvalue weighted by Crippen LogP contribution is 2.30. The SMILES string of the molecule is CC(C)CCCCCCNc1c(Br)cncc1[N+](=O)[O-]. The normalized spacial score (nSPS) is 10.8. The molecule has 0 amide bonds. The van der Waals surface area contributed by atoms with Gasteiger partial charge in [0.05, 0.1) is 9.40 Å². The van der Waals surface area contributed by atoms with Crippen LogP contribution in [0.2, 0.25) is 0 Å². The summed E-state index contributed by atoms with van der Waals surface area (Å²) in [6.07, 6.45) is 8.76. The van der Waals surface area contributed by atoms with Crippen molar-refractivity contribution in [2.24, 2.45) is 5.92 Å². The van der Waals surface area contributed by atoms with Crippen LogP contribution in [0.4, 0.5) is 11.4 Å². The molecule has 0 aliphatic carbocycles. The van der Waals surface area contributed by atoms with Crippen LogP contribution in [-0.2, 0) is 0 Å². The molecule has 0 atom stereocenters. The first kappa shape index (κ1) is 16.9. The van der Waals surface area contributed by atoms with Crippen LogP contribution in [0.5, 0.6) is 0 Å². The van der Waals surface area contributed by atoms with Crippen LogP contribution in [0.25, 0.3) is 0 Å². The van der Waals surface area contributed by atoms with E-state index in [1.807, 2.05) is 0 Å². The first-order valence-electron chi connectivity index (χ1n) is 7.04. The summed E-state index contributed by atoms with van der Waals surface area (Å²) in [5.41, 5.74) is 0.534. The van der Waals surface area contributed by atoms with Gasteiger partial charge in [-0.25, -0.2) is 0 Å². The Morgan fingerprint density at radius 3 is 2.65 bits per heavy atom. The van der Waals surface area contributed by atoms with Crippen LogP contribution in [0.3, 0.4) is 0 Å². The molecule has 1 aromatic rings. The zero-order valence-electron chi connectivity index (χ0n) is 12.1. The molecule has 1 rings (SSSR count). The van der Waals surface area contributed by atoms with Gasteiger partial charge in [-0.1, -0.05) is 39.5 Å². The van der Waals surface area contributed by atoms with Gasteiger partial charge in [0.2, 0.25) is 0 Å². The van der Waals surface area contributed by atoms with Crippen molar-refractivity contribution < 1.29 is 4.92 Å². The number of nitro groups is 1. The minimum Gasteiger partial charge on any atom is -0.378 e. The molecule has 112 valence electrons. The molecule has 1 N–H and O–H groups in total. The first-order valence-corrected chi connectivity index (χ1v) is 7.83. The molecule has 0 unspecified atom stereocenters. The minimum absolute atomic E-state index is 0.0131. The van der Waals surface area contributed by atoms with Crippen LogP contribution < -0.4 is 5.32 Å². The second-order valence-electron chi connectivity index (χ2n) is 5.30. The van der Waals surface area contributed by atoms with E-state index in [4.69, 9.17) is 0 Å². The van der Waals surface area contributed by atoms with E-state index in [0.717, 1.165) is 25.3 Å². The maximum Gasteiger partial charge on any atom is 0.311 e. The summed E-state index contributed by atoms with van der Waals surface area (Å²) in [5, 5.41) is 14.1. The van der Waals surface area contributed by atoms with Gasteiger partial charge in [0.25, 0.3) is 0 Å². The van der Waals surface area contributed by atoms with E-state index in [9.17, 15) is 10.1 Å². The van der Waals surface area contributed by atoms with Crippen molar-refractivity contribution in [1.29, 1.82) is 0 Å². The Kier molecular flexibility index (Phi) is 7.51. The second-order valence-corrected chi connectivity index (χ2v) is 6.15. The van der Waals surface area contributed by atoms with Gasteiger partial charge in [-0.3, -0.25) is 15.1 Å². The Morgan fingerprint density at radius 1 is 1.30 bits per heavy atom. The van der Waals surface area contributed by atoms with E-state index in [-0.39, 0.29) is 5.69 Å². The molecule has 20 heavy (non-hydrogen) atoms. The first-order chi connectivity index (χ1) is 9.52. The molecular formula is C14H22BrN3O2. The zero-order chi connectivity index (χ0) is 15.0. The smallest absolute Gasteiger partial charge is 0.311 e. The van der Waals surface area contributed by atoms with Crippen LogP contribution >= 0.6 is 15.9 Å².